The standard InChI is InChI=1S/C52H86O23/c1-21(20-67-46-41(63)39(61)35(57)30(17-53)70-46)9-14-52(66-6)22(2)33-29(75-52)16-28-26-8-7-24-15-25(10-12-50(24,4)27(26)11-13-51(28,33)5)69-49-45(74-47-42(64)38(60)34(56)23(3)68-47)44(37(59)32(19-55)72-49)73-48-43(65)40(62)36(58)31(18-54)71-48/h7,21-23,25-49,53-65H,8-20H2,1-6H3/t21-,22+,23+,25+,26-,27+,28+,29+,30-,31-,32-,33+,34+,35-,36-,37+,38-,39+,40+,41-,42-,43-,44+,45-,46-,47+,48+,49-,50+,51+,52-/m1/s1. The summed E-state index contributed by atoms with van der Waals surface area (Å²) in [7, 11) is 1.71. The first-order valence-electron chi connectivity index (χ1n) is 27.3. The lowest BCUT2D eigenvalue weighted by atomic mass is 9.47. The van der Waals surface area contributed by atoms with Gasteiger partial charge in [-0.15, -0.1) is 0 Å². The molecule has 4 aliphatic carbocycles. The van der Waals surface area contributed by atoms with Gasteiger partial charge in [0.25, 0.3) is 0 Å². The van der Waals surface area contributed by atoms with Gasteiger partial charge in [-0.3, -0.25) is 0 Å². The highest BCUT2D eigenvalue weighted by Gasteiger charge is 2.68. The van der Waals surface area contributed by atoms with Crippen LogP contribution >= 0.6 is 0 Å². The summed E-state index contributed by atoms with van der Waals surface area (Å²) in [6, 6.07) is 0. The summed E-state index contributed by atoms with van der Waals surface area (Å²) in [5.74, 6) is 0.765. The molecular weight excluding hydrogens is 993 g/mol. The maximum Gasteiger partial charge on any atom is 0.187 e. The second-order valence-electron chi connectivity index (χ2n) is 24.0. The Morgan fingerprint density at radius 3 is 1.85 bits per heavy atom. The molecule has 5 heterocycles. The van der Waals surface area contributed by atoms with Gasteiger partial charge in [-0.05, 0) is 98.7 Å². The van der Waals surface area contributed by atoms with E-state index in [2.05, 4.69) is 26.8 Å². The van der Waals surface area contributed by atoms with Crippen molar-refractivity contribution in [1.82, 2.24) is 0 Å². The monoisotopic (exact) mass is 1080 g/mol. The van der Waals surface area contributed by atoms with Crippen LogP contribution in [0.4, 0.5) is 0 Å². The first-order chi connectivity index (χ1) is 35.6. The van der Waals surface area contributed by atoms with E-state index in [1.807, 2.05) is 6.92 Å². The maximum atomic E-state index is 11.6. The van der Waals surface area contributed by atoms with E-state index in [1.54, 1.807) is 7.11 Å². The molecule has 0 aromatic rings. The highest BCUT2D eigenvalue weighted by molar-refractivity contribution is 5.26. The minimum absolute atomic E-state index is 0.00228. The summed E-state index contributed by atoms with van der Waals surface area (Å²) in [5, 5.41) is 137. The number of aliphatic hydroxyl groups is 13. The van der Waals surface area contributed by atoms with E-state index < -0.39 is 155 Å². The Bertz CT molecular complexity index is 1930. The first-order valence-corrected chi connectivity index (χ1v) is 27.3. The van der Waals surface area contributed by atoms with Crippen LogP contribution in [-0.4, -0.2) is 241 Å². The predicted octanol–water partition coefficient (Wildman–Crippen LogP) is -2.35. The molecule has 0 aromatic heterocycles. The molecule has 432 valence electrons. The van der Waals surface area contributed by atoms with Crippen molar-refractivity contribution >= 4 is 0 Å². The Balaban J connectivity index is 0.871. The fraction of sp³-hybridized carbons (Fsp3) is 0.962. The molecule has 23 heteroatoms. The Morgan fingerprint density at radius 1 is 0.640 bits per heavy atom. The smallest absolute Gasteiger partial charge is 0.187 e. The third kappa shape index (κ3) is 10.5. The van der Waals surface area contributed by atoms with Gasteiger partial charge in [0.1, 0.15) is 91.6 Å². The first kappa shape index (κ1) is 58.5. The van der Waals surface area contributed by atoms with Gasteiger partial charge in [0.2, 0.25) is 0 Å². The summed E-state index contributed by atoms with van der Waals surface area (Å²) < 4.78 is 61.6. The normalized spacial score (nSPS) is 54.3. The Labute approximate surface area is 437 Å². The van der Waals surface area contributed by atoms with Gasteiger partial charge in [0, 0.05) is 19.4 Å². The van der Waals surface area contributed by atoms with Crippen molar-refractivity contribution in [2.45, 2.75) is 233 Å². The summed E-state index contributed by atoms with van der Waals surface area (Å²) in [6.45, 7) is 8.74. The van der Waals surface area contributed by atoms with Gasteiger partial charge in [0.05, 0.1) is 44.7 Å². The van der Waals surface area contributed by atoms with Crippen molar-refractivity contribution in [1.29, 1.82) is 0 Å². The Morgan fingerprint density at radius 2 is 1.21 bits per heavy atom. The molecule has 0 aromatic carbocycles. The van der Waals surface area contributed by atoms with Gasteiger partial charge < -0.3 is 114 Å². The molecule has 0 unspecified atom stereocenters. The minimum atomic E-state index is -1.88. The van der Waals surface area contributed by atoms with Crippen molar-refractivity contribution in [2.75, 3.05) is 33.5 Å². The maximum absolute atomic E-state index is 11.6. The lowest BCUT2D eigenvalue weighted by Gasteiger charge is -2.58. The molecular formula is C52H86O23. The van der Waals surface area contributed by atoms with Gasteiger partial charge in [-0.2, -0.15) is 0 Å². The lowest BCUT2D eigenvalue weighted by Crippen LogP contribution is -2.67. The van der Waals surface area contributed by atoms with Crippen molar-refractivity contribution in [3.63, 3.8) is 0 Å². The summed E-state index contributed by atoms with van der Waals surface area (Å²) in [4.78, 5) is 0. The fourth-order valence-corrected chi connectivity index (χ4v) is 15.3. The number of rotatable bonds is 16. The van der Waals surface area contributed by atoms with Crippen LogP contribution in [0.3, 0.4) is 0 Å². The van der Waals surface area contributed by atoms with Crippen LogP contribution in [0.2, 0.25) is 0 Å². The van der Waals surface area contributed by atoms with Crippen LogP contribution < -0.4 is 0 Å². The van der Waals surface area contributed by atoms with Crippen LogP contribution in [0.1, 0.15) is 92.4 Å². The van der Waals surface area contributed by atoms with Gasteiger partial charge in [0.15, 0.2) is 30.9 Å². The molecule has 9 aliphatic rings. The zero-order valence-corrected chi connectivity index (χ0v) is 43.8. The van der Waals surface area contributed by atoms with Crippen LogP contribution in [0.15, 0.2) is 11.6 Å². The second-order valence-corrected chi connectivity index (χ2v) is 24.0. The van der Waals surface area contributed by atoms with Crippen LogP contribution in [-0.2, 0) is 47.4 Å². The largest absolute Gasteiger partial charge is 0.394 e. The van der Waals surface area contributed by atoms with Gasteiger partial charge in [-0.25, -0.2) is 0 Å². The van der Waals surface area contributed by atoms with Crippen LogP contribution in [0.5, 0.6) is 0 Å². The molecule has 23 nitrogen and oxygen atoms in total. The molecule has 8 fully saturated rings. The SMILES string of the molecule is CO[C@]1(CC[C@@H](C)CO[C@@H]2O[C@H](CO)[C@@H](O)[C@H](O)[C@H]2O)O[C@H]2C[C@H]3[C@@H]4CC=C5C[C@@H](O[C@@H]6O[C@H](CO)[C@H](O)[C@H](O[C@@H]7O[C@H](CO)[C@@H](O)[C@H](O)[C@H]7O)[C@H]6O[C@@H]6O[C@@H](C)[C@H](O)[C@@H](O)[C@H]6O)CC[C@]5(C)[C@H]4CC[C@]3(C)[C@H]2[C@@H]1C. The number of ether oxygens (including phenoxy) is 10. The summed E-state index contributed by atoms with van der Waals surface area (Å²) >= 11 is 0. The van der Waals surface area contributed by atoms with E-state index in [0.29, 0.717) is 43.4 Å². The van der Waals surface area contributed by atoms with E-state index in [0.717, 1.165) is 32.1 Å². The topological polar surface area (TPSA) is 355 Å². The average Bonchev–Trinajstić information content (AvgIpc) is 3.92. The molecule has 0 spiro atoms. The molecule has 75 heavy (non-hydrogen) atoms. The zero-order chi connectivity index (χ0) is 54.2. The molecule has 0 radical (unpaired) electrons. The number of methoxy groups -OCH3 is 1. The molecule has 31 atom stereocenters. The Kier molecular flexibility index (Phi) is 17.9. The van der Waals surface area contributed by atoms with E-state index in [4.69, 9.17) is 47.4 Å². The third-order valence-corrected chi connectivity index (χ3v) is 19.8. The molecule has 9 rings (SSSR count). The summed E-state index contributed by atoms with van der Waals surface area (Å²) in [5.41, 5.74) is 1.11. The molecule has 0 amide bonds. The minimum Gasteiger partial charge on any atom is -0.394 e. The van der Waals surface area contributed by atoms with E-state index >= 15 is 0 Å². The number of allylic oxidation sites excluding steroid dienone is 1. The number of hydrogen-bond donors (Lipinski definition) is 13. The molecule has 3 saturated carbocycles. The molecule has 5 saturated heterocycles. The summed E-state index contributed by atoms with van der Waals surface area (Å²) in [6.07, 6.45) is -21.5. The van der Waals surface area contributed by atoms with Crippen molar-refractivity contribution in [3.05, 3.63) is 11.6 Å². The number of fused-ring (bicyclic) bond motifs is 7. The average molecular weight is 1080 g/mol. The predicted molar refractivity (Wildman–Crippen MR) is 255 cm³/mol. The number of hydrogen-bond acceptors (Lipinski definition) is 23. The van der Waals surface area contributed by atoms with Gasteiger partial charge in [-0.1, -0.05) is 39.3 Å². The van der Waals surface area contributed by atoms with Gasteiger partial charge >= 0.3 is 0 Å². The number of aliphatic hydroxyl groups excluding tert-OH is 13. The molecule has 5 aliphatic heterocycles. The van der Waals surface area contributed by atoms with E-state index in [-0.39, 0.29) is 41.3 Å². The zero-order valence-electron chi connectivity index (χ0n) is 43.8. The highest BCUT2D eigenvalue weighted by Crippen LogP contribution is 2.70. The van der Waals surface area contributed by atoms with Crippen molar-refractivity contribution in [2.24, 2.45) is 46.3 Å². The van der Waals surface area contributed by atoms with Crippen LogP contribution in [0, 0.1) is 46.3 Å². The van der Waals surface area contributed by atoms with E-state index in [1.165, 1.54) is 12.5 Å². The fourth-order valence-electron chi connectivity index (χ4n) is 15.3. The van der Waals surface area contributed by atoms with Crippen LogP contribution in [0.25, 0.3) is 0 Å². The van der Waals surface area contributed by atoms with Crippen molar-refractivity contribution < 1.29 is 114 Å². The molecule has 13 N–H and O–H groups in total. The third-order valence-electron chi connectivity index (χ3n) is 19.8. The van der Waals surface area contributed by atoms with Crippen molar-refractivity contribution in [3.8, 4) is 0 Å². The quantitative estimate of drug-likeness (QED) is 0.0720. The lowest BCUT2D eigenvalue weighted by molar-refractivity contribution is -0.394. The van der Waals surface area contributed by atoms with E-state index in [9.17, 15) is 66.4 Å². The Hall–Kier alpha value is -1.18. The molecule has 0 bridgehead atoms. The second kappa shape index (κ2) is 23.0. The highest BCUT2D eigenvalue weighted by atomic mass is 16.8.